The summed E-state index contributed by atoms with van der Waals surface area (Å²) in [6.45, 7) is 0.350. The molecule has 110 valence electrons. The zero-order valence-electron chi connectivity index (χ0n) is 11.4. The number of benzene rings is 2. The van der Waals surface area contributed by atoms with E-state index in [0.717, 1.165) is 11.1 Å². The van der Waals surface area contributed by atoms with Crippen molar-refractivity contribution in [2.24, 2.45) is 0 Å². The molecular formula is C16H16ClNO2S. The van der Waals surface area contributed by atoms with Crippen molar-refractivity contribution in [2.75, 3.05) is 6.54 Å². The van der Waals surface area contributed by atoms with Gasteiger partial charge < -0.3 is 0 Å². The first-order chi connectivity index (χ1) is 10.1. The fraction of sp³-hybridized carbons (Fsp3) is 0.125. The van der Waals surface area contributed by atoms with Gasteiger partial charge in [-0.25, -0.2) is 13.1 Å². The van der Waals surface area contributed by atoms with Crippen molar-refractivity contribution in [1.82, 2.24) is 4.72 Å². The lowest BCUT2D eigenvalue weighted by Crippen LogP contribution is -2.23. The van der Waals surface area contributed by atoms with Crippen molar-refractivity contribution >= 4 is 27.7 Å². The number of rotatable bonds is 6. The van der Waals surface area contributed by atoms with Gasteiger partial charge in [0.15, 0.2) is 0 Å². The van der Waals surface area contributed by atoms with Crippen LogP contribution in [0.4, 0.5) is 0 Å². The average Bonchev–Trinajstić information content (AvgIpc) is 2.48. The molecule has 0 amide bonds. The molecule has 3 nitrogen and oxygen atoms in total. The molecule has 21 heavy (non-hydrogen) atoms. The van der Waals surface area contributed by atoms with Crippen LogP contribution in [0.25, 0.3) is 6.08 Å². The molecule has 0 fully saturated rings. The predicted octanol–water partition coefficient (Wildman–Crippen LogP) is 3.47. The van der Waals surface area contributed by atoms with Gasteiger partial charge in [0, 0.05) is 17.0 Å². The monoisotopic (exact) mass is 321 g/mol. The van der Waals surface area contributed by atoms with E-state index in [1.807, 2.05) is 42.5 Å². The second-order valence-corrected chi connectivity index (χ2v) is 6.62. The molecule has 0 aliphatic carbocycles. The maximum absolute atomic E-state index is 11.8. The molecule has 0 bridgehead atoms. The predicted molar refractivity (Wildman–Crippen MR) is 87.6 cm³/mol. The summed E-state index contributed by atoms with van der Waals surface area (Å²) >= 11 is 5.80. The second-order valence-electron chi connectivity index (χ2n) is 4.53. The molecule has 0 atom stereocenters. The molecule has 0 unspecified atom stereocenters. The van der Waals surface area contributed by atoms with E-state index >= 15 is 0 Å². The SMILES string of the molecule is O=S(=O)(/C=C/c1ccccc1)NCCc1ccc(Cl)cc1. The highest BCUT2D eigenvalue weighted by Gasteiger charge is 2.04. The first-order valence-electron chi connectivity index (χ1n) is 6.52. The highest BCUT2D eigenvalue weighted by atomic mass is 35.5. The van der Waals surface area contributed by atoms with Gasteiger partial charge in [0.25, 0.3) is 0 Å². The van der Waals surface area contributed by atoms with E-state index in [1.54, 1.807) is 18.2 Å². The largest absolute Gasteiger partial charge is 0.233 e. The molecule has 0 spiro atoms. The molecule has 0 saturated heterocycles. The third-order valence-electron chi connectivity index (χ3n) is 2.87. The maximum atomic E-state index is 11.8. The molecule has 5 heteroatoms. The minimum absolute atomic E-state index is 0.350. The Morgan fingerprint density at radius 3 is 2.33 bits per heavy atom. The summed E-state index contributed by atoms with van der Waals surface area (Å²) in [5, 5.41) is 1.86. The number of hydrogen-bond acceptors (Lipinski definition) is 2. The fourth-order valence-electron chi connectivity index (χ4n) is 1.77. The van der Waals surface area contributed by atoms with Crippen LogP contribution >= 0.6 is 11.6 Å². The van der Waals surface area contributed by atoms with Crippen LogP contribution in [-0.2, 0) is 16.4 Å². The number of sulfonamides is 1. The number of hydrogen-bond donors (Lipinski definition) is 1. The van der Waals surface area contributed by atoms with Crippen molar-refractivity contribution in [3.63, 3.8) is 0 Å². The zero-order valence-corrected chi connectivity index (χ0v) is 12.9. The molecule has 0 aromatic heterocycles. The van der Waals surface area contributed by atoms with E-state index in [9.17, 15) is 8.42 Å². The summed E-state index contributed by atoms with van der Waals surface area (Å²) in [4.78, 5) is 0. The topological polar surface area (TPSA) is 46.2 Å². The lowest BCUT2D eigenvalue weighted by molar-refractivity contribution is 0.591. The third kappa shape index (κ3) is 5.71. The molecule has 0 aliphatic heterocycles. The van der Waals surface area contributed by atoms with Crippen LogP contribution < -0.4 is 4.72 Å². The van der Waals surface area contributed by atoms with Gasteiger partial charge in [0.2, 0.25) is 10.0 Å². The van der Waals surface area contributed by atoms with Gasteiger partial charge in [0.05, 0.1) is 0 Å². The Morgan fingerprint density at radius 1 is 1.00 bits per heavy atom. The Morgan fingerprint density at radius 2 is 1.67 bits per heavy atom. The summed E-state index contributed by atoms with van der Waals surface area (Å²) in [6, 6.07) is 16.7. The van der Waals surface area contributed by atoms with Crippen molar-refractivity contribution in [3.05, 3.63) is 76.2 Å². The van der Waals surface area contributed by atoms with Crippen LogP contribution in [0.5, 0.6) is 0 Å². The minimum Gasteiger partial charge on any atom is -0.211 e. The van der Waals surface area contributed by atoms with Gasteiger partial charge in [-0.15, -0.1) is 0 Å². The maximum Gasteiger partial charge on any atom is 0.233 e. The first kappa shape index (κ1) is 15.8. The molecule has 2 rings (SSSR count). The summed E-state index contributed by atoms with van der Waals surface area (Å²) in [7, 11) is -3.41. The number of nitrogens with one attached hydrogen (secondary N) is 1. The molecule has 2 aromatic carbocycles. The van der Waals surface area contributed by atoms with Crippen LogP contribution in [-0.4, -0.2) is 15.0 Å². The van der Waals surface area contributed by atoms with Crippen LogP contribution in [0, 0.1) is 0 Å². The van der Waals surface area contributed by atoms with E-state index in [2.05, 4.69) is 4.72 Å². The summed E-state index contributed by atoms with van der Waals surface area (Å²) < 4.78 is 26.2. The Labute approximate surface area is 130 Å². The van der Waals surface area contributed by atoms with E-state index < -0.39 is 10.0 Å². The van der Waals surface area contributed by atoms with E-state index in [4.69, 9.17) is 11.6 Å². The zero-order chi connectivity index (χ0) is 15.1. The molecule has 0 saturated carbocycles. The Balaban J connectivity index is 1.87. The molecule has 2 aromatic rings. The molecular weight excluding hydrogens is 306 g/mol. The van der Waals surface area contributed by atoms with Crippen molar-refractivity contribution in [2.45, 2.75) is 6.42 Å². The van der Waals surface area contributed by atoms with Gasteiger partial charge in [-0.1, -0.05) is 54.1 Å². The van der Waals surface area contributed by atoms with E-state index in [1.165, 1.54) is 5.41 Å². The summed E-state index contributed by atoms with van der Waals surface area (Å²) in [5.41, 5.74) is 1.88. The standard InChI is InChI=1S/C16H16ClNO2S/c17-16-8-6-15(7-9-16)10-12-18-21(19,20)13-11-14-4-2-1-3-5-14/h1-9,11,13,18H,10,12H2/b13-11+. The van der Waals surface area contributed by atoms with Crippen molar-refractivity contribution in [3.8, 4) is 0 Å². The Hall–Kier alpha value is -1.62. The molecule has 1 N–H and O–H groups in total. The minimum atomic E-state index is -3.41. The molecule has 0 heterocycles. The molecule has 0 aliphatic rings. The third-order valence-corrected chi connectivity index (χ3v) is 4.22. The number of halogens is 1. The van der Waals surface area contributed by atoms with Gasteiger partial charge in [0.1, 0.15) is 0 Å². The lowest BCUT2D eigenvalue weighted by Gasteiger charge is -2.03. The highest BCUT2D eigenvalue weighted by Crippen LogP contribution is 2.09. The van der Waals surface area contributed by atoms with Crippen LogP contribution in [0.3, 0.4) is 0 Å². The lowest BCUT2D eigenvalue weighted by atomic mass is 10.2. The Kier molecular flexibility index (Phi) is 5.56. The van der Waals surface area contributed by atoms with Gasteiger partial charge >= 0.3 is 0 Å². The second kappa shape index (κ2) is 7.41. The van der Waals surface area contributed by atoms with Crippen LogP contribution in [0.15, 0.2) is 60.0 Å². The van der Waals surface area contributed by atoms with Crippen LogP contribution in [0.2, 0.25) is 5.02 Å². The summed E-state index contributed by atoms with van der Waals surface area (Å²) in [6.07, 6.45) is 2.19. The summed E-state index contributed by atoms with van der Waals surface area (Å²) in [5.74, 6) is 0. The average molecular weight is 322 g/mol. The van der Waals surface area contributed by atoms with Crippen molar-refractivity contribution < 1.29 is 8.42 Å². The van der Waals surface area contributed by atoms with Crippen molar-refractivity contribution in [1.29, 1.82) is 0 Å². The van der Waals surface area contributed by atoms with Gasteiger partial charge in [-0.3, -0.25) is 0 Å². The molecule has 0 radical (unpaired) electrons. The van der Waals surface area contributed by atoms with E-state index in [-0.39, 0.29) is 0 Å². The quantitative estimate of drug-likeness (QED) is 0.885. The van der Waals surface area contributed by atoms with E-state index in [0.29, 0.717) is 18.0 Å². The highest BCUT2D eigenvalue weighted by molar-refractivity contribution is 7.92. The van der Waals surface area contributed by atoms with Gasteiger partial charge in [-0.2, -0.15) is 0 Å². The Bertz CT molecular complexity index is 695. The van der Waals surface area contributed by atoms with Crippen LogP contribution in [0.1, 0.15) is 11.1 Å². The smallest absolute Gasteiger partial charge is 0.211 e. The normalized spacial score (nSPS) is 11.9. The fourth-order valence-corrected chi connectivity index (χ4v) is 2.71. The first-order valence-corrected chi connectivity index (χ1v) is 8.45. The van der Waals surface area contributed by atoms with Gasteiger partial charge in [-0.05, 0) is 35.8 Å².